The Kier molecular flexibility index (Phi) is 9.37. The fraction of sp³-hybridized carbons (Fsp3) is 0.139. The molecule has 0 unspecified atom stereocenters. The van der Waals surface area contributed by atoms with E-state index in [9.17, 15) is 14.0 Å². The first-order chi connectivity index (χ1) is 22.8. The summed E-state index contributed by atoms with van der Waals surface area (Å²) in [4.78, 5) is 33.1. The molecule has 0 aliphatic carbocycles. The van der Waals surface area contributed by atoms with Crippen LogP contribution in [-0.2, 0) is 11.4 Å². The second-order valence-electron chi connectivity index (χ2n) is 10.6. The van der Waals surface area contributed by atoms with E-state index in [0.717, 1.165) is 5.56 Å². The third-order valence-electron chi connectivity index (χ3n) is 7.61. The Bertz CT molecular complexity index is 2180. The zero-order chi connectivity index (χ0) is 33.1. The van der Waals surface area contributed by atoms with Gasteiger partial charge in [-0.05, 0) is 82.5 Å². The van der Waals surface area contributed by atoms with Crippen molar-refractivity contribution < 1.29 is 23.4 Å². The predicted molar refractivity (Wildman–Crippen MR) is 183 cm³/mol. The van der Waals surface area contributed by atoms with E-state index in [0.29, 0.717) is 59.1 Å². The van der Waals surface area contributed by atoms with E-state index in [1.54, 1.807) is 79.3 Å². The number of rotatable bonds is 9. The molecule has 0 radical (unpaired) electrons. The Morgan fingerprint density at radius 2 is 1.74 bits per heavy atom. The summed E-state index contributed by atoms with van der Waals surface area (Å²) < 4.78 is 33.6. The number of methoxy groups -OCH3 is 2. The van der Waals surface area contributed by atoms with Gasteiger partial charge in [-0.1, -0.05) is 59.9 Å². The van der Waals surface area contributed by atoms with Crippen molar-refractivity contribution >= 4 is 44.9 Å². The third-order valence-corrected chi connectivity index (χ3v) is 9.18. The molecule has 6 rings (SSSR count). The van der Waals surface area contributed by atoms with Gasteiger partial charge in [-0.15, -0.1) is 0 Å². The normalized spacial score (nSPS) is 14.3. The lowest BCUT2D eigenvalue weighted by Crippen LogP contribution is -2.40. The topological polar surface area (TPSA) is 91.2 Å². The number of amides is 1. The number of benzene rings is 4. The summed E-state index contributed by atoms with van der Waals surface area (Å²) in [6, 6.07) is 25.6. The number of anilines is 1. The molecule has 8 nitrogen and oxygen atoms in total. The molecule has 4 aromatic carbocycles. The van der Waals surface area contributed by atoms with Crippen molar-refractivity contribution in [3.05, 3.63) is 149 Å². The Morgan fingerprint density at radius 1 is 1.02 bits per heavy atom. The van der Waals surface area contributed by atoms with Gasteiger partial charge in [-0.3, -0.25) is 14.2 Å². The van der Waals surface area contributed by atoms with E-state index in [1.807, 2.05) is 30.3 Å². The van der Waals surface area contributed by atoms with Crippen molar-refractivity contribution in [1.29, 1.82) is 0 Å². The van der Waals surface area contributed by atoms with Gasteiger partial charge in [0.25, 0.3) is 11.5 Å². The third kappa shape index (κ3) is 6.63. The molecule has 1 N–H and O–H groups in total. The Labute approximate surface area is 282 Å². The number of hydrogen-bond donors (Lipinski definition) is 1. The fourth-order valence-electron chi connectivity index (χ4n) is 5.31. The minimum atomic E-state index is -0.738. The van der Waals surface area contributed by atoms with E-state index in [-0.39, 0.29) is 23.9 Å². The van der Waals surface area contributed by atoms with Crippen molar-refractivity contribution in [2.75, 3.05) is 19.5 Å². The van der Waals surface area contributed by atoms with Crippen LogP contribution in [0.15, 0.2) is 117 Å². The SMILES string of the molecule is COc1ccc([C@@H]2C(C(=O)Nc3ccccc3)=C(C)N=c3s/c(=C/c4cc(Br)c(OCc5ccccc5F)c(OC)c4)c(=O)n32)cc1. The summed E-state index contributed by atoms with van der Waals surface area (Å²) in [6.07, 6.45) is 1.74. The number of aromatic nitrogens is 1. The Morgan fingerprint density at radius 3 is 2.45 bits per heavy atom. The first-order valence-corrected chi connectivity index (χ1v) is 16.1. The van der Waals surface area contributed by atoms with Gasteiger partial charge in [0.05, 0.1) is 40.5 Å². The number of nitrogens with one attached hydrogen (secondary N) is 1. The molecule has 0 fully saturated rings. The van der Waals surface area contributed by atoms with Gasteiger partial charge in [0, 0.05) is 11.3 Å². The van der Waals surface area contributed by atoms with Crippen molar-refractivity contribution in [3.63, 3.8) is 0 Å². The number of fused-ring (bicyclic) bond motifs is 1. The van der Waals surface area contributed by atoms with Crippen LogP contribution in [0.1, 0.15) is 29.7 Å². The molecule has 1 aliphatic rings. The van der Waals surface area contributed by atoms with Gasteiger partial charge in [0.1, 0.15) is 18.2 Å². The minimum absolute atomic E-state index is 0.00444. The van der Waals surface area contributed by atoms with E-state index in [2.05, 4.69) is 21.2 Å². The van der Waals surface area contributed by atoms with Crippen LogP contribution in [0.2, 0.25) is 0 Å². The molecule has 0 saturated carbocycles. The molecular weight excluding hydrogens is 685 g/mol. The standard InChI is InChI=1S/C36H29BrFN3O5S/c1-21-31(34(42)40-25-10-5-4-6-11-25)32(23-13-15-26(44-2)16-14-23)41-35(43)30(47-36(41)39-21)19-22-17-27(37)33(29(18-22)45-3)46-20-24-9-7-8-12-28(24)38/h4-19,32H,20H2,1-3H3,(H,40,42)/b30-19+/t32-/m1/s1. The Hall–Kier alpha value is -5.00. The lowest BCUT2D eigenvalue weighted by Gasteiger charge is -2.25. The lowest BCUT2D eigenvalue weighted by atomic mass is 9.95. The average molecular weight is 715 g/mol. The van der Waals surface area contributed by atoms with Crippen LogP contribution < -0.4 is 34.4 Å². The number of hydrogen-bond acceptors (Lipinski definition) is 7. The van der Waals surface area contributed by atoms with Crippen molar-refractivity contribution in [1.82, 2.24) is 4.57 Å². The van der Waals surface area contributed by atoms with Crippen LogP contribution in [0.25, 0.3) is 6.08 Å². The van der Waals surface area contributed by atoms with Crippen LogP contribution in [-0.4, -0.2) is 24.7 Å². The second-order valence-corrected chi connectivity index (χ2v) is 12.5. The number of allylic oxidation sites excluding steroid dienone is 1. The number of carbonyl (C=O) groups is 1. The highest BCUT2D eigenvalue weighted by Crippen LogP contribution is 2.38. The monoisotopic (exact) mass is 713 g/mol. The van der Waals surface area contributed by atoms with Crippen molar-refractivity contribution in [3.8, 4) is 17.2 Å². The second kappa shape index (κ2) is 13.8. The molecule has 1 atom stereocenters. The summed E-state index contributed by atoms with van der Waals surface area (Å²) in [7, 11) is 3.09. The molecular formula is C36H29BrFN3O5S. The smallest absolute Gasteiger partial charge is 0.271 e. The molecule has 5 aromatic rings. The zero-order valence-corrected chi connectivity index (χ0v) is 28.0. The highest BCUT2D eigenvalue weighted by molar-refractivity contribution is 9.10. The molecule has 0 bridgehead atoms. The van der Waals surface area contributed by atoms with E-state index in [4.69, 9.17) is 19.2 Å². The van der Waals surface area contributed by atoms with Gasteiger partial charge >= 0.3 is 0 Å². The molecule has 11 heteroatoms. The summed E-state index contributed by atoms with van der Waals surface area (Å²) >= 11 is 4.78. The zero-order valence-electron chi connectivity index (χ0n) is 25.6. The van der Waals surface area contributed by atoms with Crippen LogP contribution in [0.4, 0.5) is 10.1 Å². The Balaban J connectivity index is 1.41. The number of ether oxygens (including phenoxy) is 3. The number of thiazole rings is 1. The predicted octanol–water partition coefficient (Wildman–Crippen LogP) is 6.37. The summed E-state index contributed by atoms with van der Waals surface area (Å²) in [5.74, 6) is 0.740. The molecule has 2 heterocycles. The quantitative estimate of drug-likeness (QED) is 0.192. The van der Waals surface area contributed by atoms with Crippen LogP contribution in [0.5, 0.6) is 17.2 Å². The van der Waals surface area contributed by atoms with Gasteiger partial charge < -0.3 is 19.5 Å². The minimum Gasteiger partial charge on any atom is -0.497 e. The van der Waals surface area contributed by atoms with E-state index in [1.165, 1.54) is 24.5 Å². The van der Waals surface area contributed by atoms with E-state index < -0.39 is 6.04 Å². The number of halogens is 2. The van der Waals surface area contributed by atoms with Crippen molar-refractivity contribution in [2.45, 2.75) is 19.6 Å². The van der Waals surface area contributed by atoms with Gasteiger partial charge in [-0.25, -0.2) is 9.38 Å². The molecule has 47 heavy (non-hydrogen) atoms. The molecule has 1 aliphatic heterocycles. The molecule has 1 aromatic heterocycles. The molecule has 0 saturated heterocycles. The molecule has 238 valence electrons. The largest absolute Gasteiger partial charge is 0.497 e. The maximum atomic E-state index is 14.2. The highest BCUT2D eigenvalue weighted by Gasteiger charge is 2.32. The summed E-state index contributed by atoms with van der Waals surface area (Å²) in [5, 5.41) is 2.96. The maximum absolute atomic E-state index is 14.2. The molecule has 1 amide bonds. The number of carbonyl (C=O) groups excluding carboxylic acids is 1. The van der Waals surface area contributed by atoms with Gasteiger partial charge in [-0.2, -0.15) is 0 Å². The maximum Gasteiger partial charge on any atom is 0.271 e. The average Bonchev–Trinajstić information content (AvgIpc) is 3.38. The van der Waals surface area contributed by atoms with Crippen LogP contribution in [0.3, 0.4) is 0 Å². The summed E-state index contributed by atoms with van der Waals surface area (Å²) in [5.41, 5.74) is 2.99. The van der Waals surface area contributed by atoms with Crippen LogP contribution >= 0.6 is 27.3 Å². The number of para-hydroxylation sites is 1. The lowest BCUT2D eigenvalue weighted by molar-refractivity contribution is -0.113. The summed E-state index contributed by atoms with van der Waals surface area (Å²) in [6.45, 7) is 1.78. The van der Waals surface area contributed by atoms with Crippen molar-refractivity contribution in [2.24, 2.45) is 4.99 Å². The molecule has 0 spiro atoms. The first-order valence-electron chi connectivity index (χ1n) is 14.5. The first kappa shape index (κ1) is 32.0. The van der Waals surface area contributed by atoms with Gasteiger partial charge in [0.15, 0.2) is 16.3 Å². The fourth-order valence-corrected chi connectivity index (χ4v) is 6.93. The number of nitrogens with zero attached hydrogens (tertiary/aromatic N) is 2. The van der Waals surface area contributed by atoms with Crippen LogP contribution in [0, 0.1) is 5.82 Å². The highest BCUT2D eigenvalue weighted by atomic mass is 79.9. The van der Waals surface area contributed by atoms with Gasteiger partial charge in [0.2, 0.25) is 0 Å². The van der Waals surface area contributed by atoms with E-state index >= 15 is 0 Å².